The number of fused-ring (bicyclic) bond motifs is 2. The van der Waals surface area contributed by atoms with Crippen LogP contribution in [0.25, 0.3) is 33.4 Å². The van der Waals surface area contributed by atoms with E-state index in [4.69, 9.17) is 5.73 Å². The quantitative estimate of drug-likeness (QED) is 0.411. The lowest BCUT2D eigenvalue weighted by molar-refractivity contribution is 0.630. The maximum absolute atomic E-state index is 13.6. The van der Waals surface area contributed by atoms with Crippen LogP contribution in [0.5, 0.6) is 0 Å². The van der Waals surface area contributed by atoms with Crippen LogP contribution in [0.4, 0.5) is 21.7 Å². The summed E-state index contributed by atoms with van der Waals surface area (Å²) in [6.45, 7) is 2.01. The van der Waals surface area contributed by atoms with E-state index >= 15 is 0 Å². The molecule has 6 rings (SSSR count). The van der Waals surface area contributed by atoms with Crippen molar-refractivity contribution in [1.29, 1.82) is 0 Å². The molecule has 9 nitrogen and oxygen atoms in total. The normalized spacial score (nSPS) is 11.4. The van der Waals surface area contributed by atoms with Crippen molar-refractivity contribution in [2.24, 2.45) is 0 Å². The number of nitrogens with zero attached hydrogens (tertiary/aromatic N) is 7. The van der Waals surface area contributed by atoms with E-state index < -0.39 is 0 Å². The molecule has 0 radical (unpaired) electrons. The van der Waals surface area contributed by atoms with Crippen molar-refractivity contribution in [3.63, 3.8) is 0 Å². The lowest BCUT2D eigenvalue weighted by atomic mass is 10.1. The number of hydrogen-bond donors (Lipinski definition) is 2. The summed E-state index contributed by atoms with van der Waals surface area (Å²) in [5, 5.41) is 13.7. The van der Waals surface area contributed by atoms with Crippen LogP contribution in [0.15, 0.2) is 73.6 Å². The summed E-state index contributed by atoms with van der Waals surface area (Å²) >= 11 is 0. The van der Waals surface area contributed by atoms with Gasteiger partial charge in [0.15, 0.2) is 11.5 Å². The minimum Gasteiger partial charge on any atom is -0.381 e. The highest BCUT2D eigenvalue weighted by molar-refractivity contribution is 5.84. The number of anilines is 3. The molecule has 0 saturated heterocycles. The van der Waals surface area contributed by atoms with Crippen molar-refractivity contribution in [3.05, 3.63) is 85.0 Å². The van der Waals surface area contributed by atoms with Crippen LogP contribution in [0.3, 0.4) is 0 Å². The molecule has 3 N–H and O–H groups in total. The molecule has 4 aromatic heterocycles. The second-order valence-corrected chi connectivity index (χ2v) is 7.88. The highest BCUT2D eigenvalue weighted by Gasteiger charge is 2.13. The van der Waals surface area contributed by atoms with E-state index in [1.54, 1.807) is 33.9 Å². The molecule has 10 heteroatoms. The summed E-state index contributed by atoms with van der Waals surface area (Å²) < 4.78 is 17.1. The van der Waals surface area contributed by atoms with Crippen LogP contribution in [-0.2, 0) is 0 Å². The number of nitrogens with one attached hydrogen (secondary N) is 1. The minimum absolute atomic E-state index is 0.281. The van der Waals surface area contributed by atoms with Gasteiger partial charge in [0.25, 0.3) is 0 Å². The van der Waals surface area contributed by atoms with Gasteiger partial charge in [-0.25, -0.2) is 28.5 Å². The summed E-state index contributed by atoms with van der Waals surface area (Å²) in [5.41, 5.74) is 10.8. The van der Waals surface area contributed by atoms with Crippen molar-refractivity contribution in [2.45, 2.75) is 6.92 Å². The van der Waals surface area contributed by atoms with Crippen LogP contribution in [-0.4, -0.2) is 34.3 Å². The van der Waals surface area contributed by atoms with Gasteiger partial charge in [-0.3, -0.25) is 0 Å². The number of halogens is 1. The summed E-state index contributed by atoms with van der Waals surface area (Å²) in [7, 11) is 0. The third kappa shape index (κ3) is 3.37. The Morgan fingerprint density at radius 3 is 2.74 bits per heavy atom. The van der Waals surface area contributed by atoms with Gasteiger partial charge in [-0.1, -0.05) is 6.07 Å². The molecular weight excluding hydrogens is 433 g/mol. The maximum atomic E-state index is 13.6. The van der Waals surface area contributed by atoms with Gasteiger partial charge in [-0.15, -0.1) is 0 Å². The first kappa shape index (κ1) is 19.8. The molecule has 0 aliphatic heterocycles. The molecule has 166 valence electrons. The number of hydrogen-bond acceptors (Lipinski definition) is 7. The molecule has 34 heavy (non-hydrogen) atoms. The standard InChI is InChI=1S/C24H18FN9/c1-14-2-5-19(32-22-7-16-6-18(25)4-3-15(16)9-27-22)8-20(14)33-12-17(10-30-33)21-11-28-24-23(26)29-13-31-34(21)24/h2-13H,1H3,(H,27,32)(H2,26,29,31). The lowest BCUT2D eigenvalue weighted by Crippen LogP contribution is -2.01. The van der Waals surface area contributed by atoms with Crippen LogP contribution in [0.2, 0.25) is 0 Å². The zero-order valence-electron chi connectivity index (χ0n) is 18.0. The molecule has 0 saturated carbocycles. The number of aryl methyl sites for hydroxylation is 1. The van der Waals surface area contributed by atoms with Gasteiger partial charge >= 0.3 is 0 Å². The molecule has 0 unspecified atom stereocenters. The maximum Gasteiger partial charge on any atom is 0.197 e. The average Bonchev–Trinajstić information content (AvgIpc) is 3.48. The predicted molar refractivity (Wildman–Crippen MR) is 127 cm³/mol. The zero-order valence-corrected chi connectivity index (χ0v) is 18.0. The van der Waals surface area contributed by atoms with Gasteiger partial charge in [0.2, 0.25) is 0 Å². The third-order valence-electron chi connectivity index (χ3n) is 5.62. The Bertz CT molecular complexity index is 1690. The van der Waals surface area contributed by atoms with E-state index in [2.05, 4.69) is 30.5 Å². The van der Waals surface area contributed by atoms with Crippen LogP contribution < -0.4 is 11.1 Å². The van der Waals surface area contributed by atoms with E-state index in [-0.39, 0.29) is 5.82 Å². The van der Waals surface area contributed by atoms with E-state index in [1.807, 2.05) is 37.4 Å². The van der Waals surface area contributed by atoms with Gasteiger partial charge < -0.3 is 11.1 Å². The Morgan fingerprint density at radius 2 is 1.82 bits per heavy atom. The van der Waals surface area contributed by atoms with E-state index in [1.165, 1.54) is 18.5 Å². The molecule has 6 aromatic rings. The van der Waals surface area contributed by atoms with Gasteiger partial charge in [-0.2, -0.15) is 10.2 Å². The highest BCUT2D eigenvalue weighted by Crippen LogP contribution is 2.26. The number of nitrogen functional groups attached to an aromatic ring is 1. The topological polar surface area (TPSA) is 112 Å². The zero-order chi connectivity index (χ0) is 23.2. The Labute approximate surface area is 192 Å². The predicted octanol–water partition coefficient (Wildman–Crippen LogP) is 4.30. The first-order chi connectivity index (χ1) is 16.5. The molecule has 0 bridgehead atoms. The van der Waals surface area contributed by atoms with Crippen LogP contribution in [0, 0.1) is 12.7 Å². The van der Waals surface area contributed by atoms with E-state index in [0.29, 0.717) is 17.3 Å². The first-order valence-corrected chi connectivity index (χ1v) is 10.5. The molecule has 0 amide bonds. The molecule has 4 heterocycles. The molecule has 0 aliphatic rings. The largest absolute Gasteiger partial charge is 0.381 e. The van der Waals surface area contributed by atoms with Gasteiger partial charge in [0, 0.05) is 29.0 Å². The minimum atomic E-state index is -0.281. The fourth-order valence-corrected chi connectivity index (χ4v) is 3.88. The Balaban J connectivity index is 1.33. The van der Waals surface area contributed by atoms with E-state index in [0.717, 1.165) is 39.0 Å². The van der Waals surface area contributed by atoms with Crippen molar-refractivity contribution < 1.29 is 4.39 Å². The molecule has 0 fully saturated rings. The van der Waals surface area contributed by atoms with Crippen LogP contribution in [0.1, 0.15) is 5.56 Å². The monoisotopic (exact) mass is 451 g/mol. The summed E-state index contributed by atoms with van der Waals surface area (Å²) in [4.78, 5) is 12.7. The number of rotatable bonds is 4. The summed E-state index contributed by atoms with van der Waals surface area (Å²) in [6, 6.07) is 12.4. The fourth-order valence-electron chi connectivity index (χ4n) is 3.88. The smallest absolute Gasteiger partial charge is 0.197 e. The second-order valence-electron chi connectivity index (χ2n) is 7.88. The lowest BCUT2D eigenvalue weighted by Gasteiger charge is -2.11. The molecule has 0 aliphatic carbocycles. The summed E-state index contributed by atoms with van der Waals surface area (Å²) in [6.07, 6.45) is 8.47. The number of nitrogens with two attached hydrogens (primary N) is 1. The molecule has 2 aromatic carbocycles. The Hall–Kier alpha value is -4.86. The molecule has 0 spiro atoms. The average molecular weight is 451 g/mol. The highest BCUT2D eigenvalue weighted by atomic mass is 19.1. The van der Waals surface area contributed by atoms with Crippen molar-refractivity contribution in [1.82, 2.24) is 34.3 Å². The fraction of sp³-hybridized carbons (Fsp3) is 0.0417. The number of pyridine rings is 1. The molecular formula is C24H18FN9. The van der Waals surface area contributed by atoms with Crippen molar-refractivity contribution in [3.8, 4) is 16.9 Å². The van der Waals surface area contributed by atoms with Gasteiger partial charge in [-0.05, 0) is 54.3 Å². The van der Waals surface area contributed by atoms with Crippen LogP contribution >= 0.6 is 0 Å². The number of imidazole rings is 1. The Morgan fingerprint density at radius 1 is 0.912 bits per heavy atom. The number of aromatic nitrogens is 7. The van der Waals surface area contributed by atoms with Crippen molar-refractivity contribution in [2.75, 3.05) is 11.1 Å². The second kappa shape index (κ2) is 7.62. The third-order valence-corrected chi connectivity index (χ3v) is 5.62. The van der Waals surface area contributed by atoms with Gasteiger partial charge in [0.05, 0.1) is 23.8 Å². The first-order valence-electron chi connectivity index (χ1n) is 10.5. The summed E-state index contributed by atoms with van der Waals surface area (Å²) in [5.74, 6) is 0.655. The van der Waals surface area contributed by atoms with E-state index in [9.17, 15) is 4.39 Å². The number of benzene rings is 2. The Kier molecular flexibility index (Phi) is 4.44. The SMILES string of the molecule is Cc1ccc(Nc2cc3cc(F)ccc3cn2)cc1-n1cc(-c2cnc3c(N)ncnn23)cn1. The van der Waals surface area contributed by atoms with Crippen molar-refractivity contribution >= 4 is 33.7 Å². The molecule has 0 atom stereocenters. The van der Waals surface area contributed by atoms with Gasteiger partial charge in [0.1, 0.15) is 18.0 Å².